The second kappa shape index (κ2) is 6.63. The highest BCUT2D eigenvalue weighted by Crippen LogP contribution is 2.29. The molecule has 0 spiro atoms. The van der Waals surface area contributed by atoms with Gasteiger partial charge in [0.25, 0.3) is 0 Å². The first-order valence-corrected chi connectivity index (χ1v) is 7.18. The number of aromatic nitrogens is 3. The molecule has 4 nitrogen and oxygen atoms in total. The maximum absolute atomic E-state index is 4.45. The summed E-state index contributed by atoms with van der Waals surface area (Å²) < 4.78 is 0. The zero-order chi connectivity index (χ0) is 13.7. The van der Waals surface area contributed by atoms with Gasteiger partial charge in [0.05, 0.1) is 0 Å². The summed E-state index contributed by atoms with van der Waals surface area (Å²) in [6.45, 7) is 7.14. The van der Waals surface area contributed by atoms with Crippen LogP contribution in [0.4, 0.5) is 0 Å². The molecular weight excluding hydrogens is 256 g/mol. The van der Waals surface area contributed by atoms with E-state index in [1.54, 1.807) is 12.4 Å². The minimum absolute atomic E-state index is 0.269. The van der Waals surface area contributed by atoms with Crippen molar-refractivity contribution in [1.82, 2.24) is 20.3 Å². The van der Waals surface area contributed by atoms with Gasteiger partial charge < -0.3 is 5.32 Å². The molecule has 1 unspecified atom stereocenters. The van der Waals surface area contributed by atoms with Gasteiger partial charge in [-0.3, -0.25) is 0 Å². The average molecular weight is 274 g/mol. The zero-order valence-corrected chi connectivity index (χ0v) is 12.2. The van der Waals surface area contributed by atoms with E-state index in [1.165, 1.54) is 17.3 Å². The smallest absolute Gasteiger partial charge is 0.194 e. The molecule has 1 N–H and O–H groups in total. The summed E-state index contributed by atoms with van der Waals surface area (Å²) in [7, 11) is 0. The van der Waals surface area contributed by atoms with E-state index in [9.17, 15) is 0 Å². The summed E-state index contributed by atoms with van der Waals surface area (Å²) in [6.07, 6.45) is 3.58. The van der Waals surface area contributed by atoms with Crippen LogP contribution in [0, 0.1) is 6.92 Å². The molecule has 0 amide bonds. The summed E-state index contributed by atoms with van der Waals surface area (Å²) in [5.74, 6) is 0. The van der Waals surface area contributed by atoms with E-state index in [2.05, 4.69) is 40.2 Å². The molecule has 0 aliphatic carbocycles. The maximum atomic E-state index is 4.45. The topological polar surface area (TPSA) is 50.7 Å². The van der Waals surface area contributed by atoms with Gasteiger partial charge in [-0.05, 0) is 44.3 Å². The predicted octanol–water partition coefficient (Wildman–Crippen LogP) is 3.00. The van der Waals surface area contributed by atoms with Gasteiger partial charge in [0.1, 0.15) is 5.03 Å². The third kappa shape index (κ3) is 3.75. The van der Waals surface area contributed by atoms with Crippen molar-refractivity contribution in [1.29, 1.82) is 0 Å². The normalized spacial score (nSPS) is 12.4. The van der Waals surface area contributed by atoms with E-state index < -0.39 is 0 Å². The van der Waals surface area contributed by atoms with E-state index in [0.717, 1.165) is 22.4 Å². The van der Waals surface area contributed by atoms with E-state index in [0.29, 0.717) is 0 Å². The molecule has 0 aromatic carbocycles. The van der Waals surface area contributed by atoms with Crippen LogP contribution in [0.25, 0.3) is 0 Å². The molecular formula is C14H18N4S. The molecule has 19 heavy (non-hydrogen) atoms. The van der Waals surface area contributed by atoms with Gasteiger partial charge in [0, 0.05) is 29.7 Å². The average Bonchev–Trinajstić information content (AvgIpc) is 2.39. The molecule has 0 aliphatic heterocycles. The van der Waals surface area contributed by atoms with E-state index in [-0.39, 0.29) is 6.04 Å². The van der Waals surface area contributed by atoms with Gasteiger partial charge in [-0.15, -0.1) is 0 Å². The van der Waals surface area contributed by atoms with Gasteiger partial charge in [0.2, 0.25) is 0 Å². The minimum atomic E-state index is 0.269. The first-order valence-electron chi connectivity index (χ1n) is 6.36. The van der Waals surface area contributed by atoms with Crippen LogP contribution in [-0.2, 0) is 0 Å². The molecule has 0 fully saturated rings. The van der Waals surface area contributed by atoms with Crippen molar-refractivity contribution >= 4 is 11.8 Å². The maximum Gasteiger partial charge on any atom is 0.194 e. The number of rotatable bonds is 5. The fourth-order valence-electron chi connectivity index (χ4n) is 1.80. The number of aryl methyl sites for hydroxylation is 1. The van der Waals surface area contributed by atoms with Crippen LogP contribution in [0.15, 0.2) is 40.8 Å². The lowest BCUT2D eigenvalue weighted by molar-refractivity contribution is 0.585. The van der Waals surface area contributed by atoms with Crippen molar-refractivity contribution in [3.8, 4) is 0 Å². The van der Waals surface area contributed by atoms with E-state index in [4.69, 9.17) is 0 Å². The number of pyridine rings is 1. The molecule has 5 heteroatoms. The molecule has 2 rings (SSSR count). The van der Waals surface area contributed by atoms with Crippen molar-refractivity contribution in [2.75, 3.05) is 6.54 Å². The van der Waals surface area contributed by atoms with Crippen molar-refractivity contribution in [2.24, 2.45) is 0 Å². The number of nitrogens with zero attached hydrogens (tertiary/aromatic N) is 3. The monoisotopic (exact) mass is 274 g/mol. The first kappa shape index (κ1) is 14.0. The summed E-state index contributed by atoms with van der Waals surface area (Å²) in [6, 6.07) is 6.22. The Morgan fingerprint density at radius 2 is 2.11 bits per heavy atom. The quantitative estimate of drug-likeness (QED) is 0.849. The van der Waals surface area contributed by atoms with Crippen molar-refractivity contribution in [2.45, 2.75) is 37.0 Å². The highest BCUT2D eigenvalue weighted by atomic mass is 32.2. The Morgan fingerprint density at radius 3 is 2.84 bits per heavy atom. The second-order valence-electron chi connectivity index (χ2n) is 4.26. The Labute approximate surface area is 118 Å². The van der Waals surface area contributed by atoms with E-state index in [1.807, 2.05) is 19.1 Å². The van der Waals surface area contributed by atoms with Gasteiger partial charge >= 0.3 is 0 Å². The Hall–Kier alpha value is -1.46. The molecule has 0 saturated heterocycles. The van der Waals surface area contributed by atoms with Gasteiger partial charge in [-0.1, -0.05) is 13.0 Å². The molecule has 1 atom stereocenters. The Kier molecular flexibility index (Phi) is 4.87. The summed E-state index contributed by atoms with van der Waals surface area (Å²) >= 11 is 1.51. The van der Waals surface area contributed by atoms with Crippen LogP contribution in [0.3, 0.4) is 0 Å². The molecule has 0 saturated carbocycles. The number of hydrogen-bond acceptors (Lipinski definition) is 5. The highest BCUT2D eigenvalue weighted by molar-refractivity contribution is 7.99. The summed E-state index contributed by atoms with van der Waals surface area (Å²) in [5, 5.41) is 5.10. The number of hydrogen-bond donors (Lipinski definition) is 1. The summed E-state index contributed by atoms with van der Waals surface area (Å²) in [4.78, 5) is 13.1. The van der Waals surface area contributed by atoms with Crippen LogP contribution >= 0.6 is 11.8 Å². The van der Waals surface area contributed by atoms with Crippen molar-refractivity contribution < 1.29 is 0 Å². The predicted molar refractivity (Wildman–Crippen MR) is 77.2 cm³/mol. The highest BCUT2D eigenvalue weighted by Gasteiger charge is 2.12. The fraction of sp³-hybridized carbons (Fsp3) is 0.357. The third-order valence-corrected chi connectivity index (χ3v) is 3.65. The first-order chi connectivity index (χ1) is 9.20. The largest absolute Gasteiger partial charge is 0.310 e. The SMILES string of the molecule is CCNC(C)c1cccnc1Sc1nccc(C)n1. The van der Waals surface area contributed by atoms with Crippen LogP contribution < -0.4 is 5.32 Å². The molecule has 2 aromatic rings. The third-order valence-electron chi connectivity index (χ3n) is 2.74. The lowest BCUT2D eigenvalue weighted by Crippen LogP contribution is -2.18. The summed E-state index contributed by atoms with van der Waals surface area (Å²) in [5.41, 5.74) is 2.15. The Morgan fingerprint density at radius 1 is 1.26 bits per heavy atom. The van der Waals surface area contributed by atoms with E-state index >= 15 is 0 Å². The van der Waals surface area contributed by atoms with Crippen molar-refractivity contribution in [3.63, 3.8) is 0 Å². The molecule has 2 heterocycles. The van der Waals surface area contributed by atoms with Gasteiger partial charge in [0.15, 0.2) is 5.16 Å². The fourth-order valence-corrected chi connectivity index (χ4v) is 2.75. The molecule has 100 valence electrons. The Bertz CT molecular complexity index is 544. The van der Waals surface area contributed by atoms with Crippen LogP contribution in [-0.4, -0.2) is 21.5 Å². The minimum Gasteiger partial charge on any atom is -0.310 e. The second-order valence-corrected chi connectivity index (χ2v) is 5.22. The zero-order valence-electron chi connectivity index (χ0n) is 11.4. The van der Waals surface area contributed by atoms with Crippen LogP contribution in [0.1, 0.15) is 31.1 Å². The Balaban J connectivity index is 2.25. The molecule has 0 bridgehead atoms. The standard InChI is InChI=1S/C14H18N4S/c1-4-15-11(3)12-6-5-8-16-13(12)19-14-17-9-7-10(2)18-14/h5-9,11,15H,4H2,1-3H3. The molecule has 0 radical (unpaired) electrons. The van der Waals surface area contributed by atoms with Crippen LogP contribution in [0.2, 0.25) is 0 Å². The van der Waals surface area contributed by atoms with Gasteiger partial charge in [-0.2, -0.15) is 0 Å². The lowest BCUT2D eigenvalue weighted by Gasteiger charge is -2.15. The molecule has 2 aromatic heterocycles. The van der Waals surface area contributed by atoms with Gasteiger partial charge in [-0.25, -0.2) is 15.0 Å². The molecule has 0 aliphatic rings. The lowest BCUT2D eigenvalue weighted by atomic mass is 10.1. The van der Waals surface area contributed by atoms with Crippen LogP contribution in [0.5, 0.6) is 0 Å². The van der Waals surface area contributed by atoms with Crippen molar-refractivity contribution in [3.05, 3.63) is 41.9 Å². The number of nitrogens with one attached hydrogen (secondary N) is 1.